The first-order valence-corrected chi connectivity index (χ1v) is 6.73. The molecule has 0 aliphatic heterocycles. The predicted octanol–water partition coefficient (Wildman–Crippen LogP) is 3.02. The number of Topliss-reactive ketones (excluding diaryl/α,β-unsaturated/α-hetero) is 1. The van der Waals surface area contributed by atoms with Gasteiger partial charge in [0, 0.05) is 18.2 Å². The van der Waals surface area contributed by atoms with E-state index in [0.29, 0.717) is 17.8 Å². The predicted molar refractivity (Wildman–Crippen MR) is 75.2 cm³/mol. The van der Waals surface area contributed by atoms with Crippen molar-refractivity contribution in [3.05, 3.63) is 29.6 Å². The van der Waals surface area contributed by atoms with Crippen molar-refractivity contribution in [3.63, 3.8) is 0 Å². The van der Waals surface area contributed by atoms with Crippen LogP contribution >= 0.6 is 0 Å². The van der Waals surface area contributed by atoms with Crippen molar-refractivity contribution in [1.82, 2.24) is 0 Å². The summed E-state index contributed by atoms with van der Waals surface area (Å²) in [6.45, 7) is 5.73. The molecule has 0 saturated carbocycles. The SMILES string of the molecule is CCC(CC)N(CCO)c1c(F)cccc1C(C)=O. The molecule has 1 rings (SSSR count). The number of carbonyl (C=O) groups is 1. The van der Waals surface area contributed by atoms with Gasteiger partial charge in [-0.25, -0.2) is 4.39 Å². The van der Waals surface area contributed by atoms with Gasteiger partial charge in [0.1, 0.15) is 5.82 Å². The standard InChI is InChI=1S/C15H22FNO2/c1-4-12(5-2)17(9-10-18)15-13(11(3)19)7-6-8-14(15)16/h6-8,12,18H,4-5,9-10H2,1-3H3. The Morgan fingerprint density at radius 3 is 2.47 bits per heavy atom. The van der Waals surface area contributed by atoms with Crippen molar-refractivity contribution in [1.29, 1.82) is 0 Å². The monoisotopic (exact) mass is 267 g/mol. The highest BCUT2D eigenvalue weighted by Gasteiger charge is 2.23. The van der Waals surface area contributed by atoms with E-state index in [1.54, 1.807) is 12.1 Å². The highest BCUT2D eigenvalue weighted by Crippen LogP contribution is 2.28. The van der Waals surface area contributed by atoms with E-state index in [4.69, 9.17) is 0 Å². The Labute approximate surface area is 114 Å². The third-order valence-electron chi connectivity index (χ3n) is 3.38. The average Bonchev–Trinajstić information content (AvgIpc) is 2.39. The molecule has 0 unspecified atom stereocenters. The van der Waals surface area contributed by atoms with Crippen molar-refractivity contribution in [2.24, 2.45) is 0 Å². The third kappa shape index (κ3) is 3.53. The summed E-state index contributed by atoms with van der Waals surface area (Å²) in [5.41, 5.74) is 0.693. The summed E-state index contributed by atoms with van der Waals surface area (Å²) in [4.78, 5) is 13.5. The van der Waals surface area contributed by atoms with Crippen molar-refractivity contribution >= 4 is 11.5 Å². The molecule has 3 nitrogen and oxygen atoms in total. The van der Waals surface area contributed by atoms with Gasteiger partial charge in [-0.05, 0) is 31.9 Å². The van der Waals surface area contributed by atoms with Crippen LogP contribution in [0.4, 0.5) is 10.1 Å². The van der Waals surface area contributed by atoms with Crippen LogP contribution in [-0.2, 0) is 0 Å². The van der Waals surface area contributed by atoms with Crippen LogP contribution in [0.25, 0.3) is 0 Å². The second-order valence-electron chi connectivity index (χ2n) is 4.58. The zero-order valence-corrected chi connectivity index (χ0v) is 11.8. The lowest BCUT2D eigenvalue weighted by atomic mass is 10.0. The normalized spacial score (nSPS) is 10.8. The number of nitrogens with zero attached hydrogens (tertiary/aromatic N) is 1. The number of benzene rings is 1. The van der Waals surface area contributed by atoms with E-state index in [-0.39, 0.29) is 18.4 Å². The summed E-state index contributed by atoms with van der Waals surface area (Å²) in [7, 11) is 0. The molecule has 0 spiro atoms. The summed E-state index contributed by atoms with van der Waals surface area (Å²) in [6, 6.07) is 4.64. The van der Waals surface area contributed by atoms with Gasteiger partial charge in [0.25, 0.3) is 0 Å². The number of ketones is 1. The second-order valence-corrected chi connectivity index (χ2v) is 4.58. The van der Waals surface area contributed by atoms with Crippen LogP contribution in [0.3, 0.4) is 0 Å². The number of anilines is 1. The third-order valence-corrected chi connectivity index (χ3v) is 3.38. The molecule has 0 aliphatic carbocycles. The molecule has 4 heteroatoms. The topological polar surface area (TPSA) is 40.5 Å². The fraction of sp³-hybridized carbons (Fsp3) is 0.533. The van der Waals surface area contributed by atoms with Gasteiger partial charge in [-0.2, -0.15) is 0 Å². The van der Waals surface area contributed by atoms with Crippen LogP contribution in [0.5, 0.6) is 0 Å². The molecule has 0 radical (unpaired) electrons. The number of carbonyl (C=O) groups excluding carboxylic acids is 1. The van der Waals surface area contributed by atoms with Gasteiger partial charge < -0.3 is 10.0 Å². The Morgan fingerprint density at radius 1 is 1.37 bits per heavy atom. The van der Waals surface area contributed by atoms with Gasteiger partial charge in [0.2, 0.25) is 0 Å². The highest BCUT2D eigenvalue weighted by atomic mass is 19.1. The Hall–Kier alpha value is -1.42. The maximum Gasteiger partial charge on any atom is 0.161 e. The minimum Gasteiger partial charge on any atom is -0.395 e. The van der Waals surface area contributed by atoms with Crippen LogP contribution in [0, 0.1) is 5.82 Å². The number of halogens is 1. The molecule has 1 aromatic rings. The average molecular weight is 267 g/mol. The number of hydrogen-bond acceptors (Lipinski definition) is 3. The van der Waals surface area contributed by atoms with Gasteiger partial charge in [0.05, 0.1) is 12.3 Å². The number of aliphatic hydroxyl groups is 1. The van der Waals surface area contributed by atoms with E-state index in [1.165, 1.54) is 13.0 Å². The highest BCUT2D eigenvalue weighted by molar-refractivity contribution is 5.99. The lowest BCUT2D eigenvalue weighted by molar-refractivity contribution is 0.101. The number of hydrogen-bond donors (Lipinski definition) is 1. The van der Waals surface area contributed by atoms with Gasteiger partial charge >= 0.3 is 0 Å². The second kappa shape index (κ2) is 7.24. The molecule has 0 heterocycles. The Kier molecular flexibility index (Phi) is 5.96. The van der Waals surface area contributed by atoms with Crippen molar-refractivity contribution in [2.45, 2.75) is 39.7 Å². The summed E-state index contributed by atoms with van der Waals surface area (Å²) < 4.78 is 14.1. The van der Waals surface area contributed by atoms with E-state index in [0.717, 1.165) is 12.8 Å². The molecule has 106 valence electrons. The summed E-state index contributed by atoms with van der Waals surface area (Å²) in [6.07, 6.45) is 1.67. The zero-order valence-electron chi connectivity index (χ0n) is 11.8. The summed E-state index contributed by atoms with van der Waals surface area (Å²) in [5.74, 6) is -0.573. The summed E-state index contributed by atoms with van der Waals surface area (Å²) in [5, 5.41) is 9.21. The largest absolute Gasteiger partial charge is 0.395 e. The molecule has 1 N–H and O–H groups in total. The van der Waals surface area contributed by atoms with E-state index in [2.05, 4.69) is 0 Å². The van der Waals surface area contributed by atoms with Crippen LogP contribution in [0.1, 0.15) is 44.0 Å². The molecule has 0 atom stereocenters. The lowest BCUT2D eigenvalue weighted by Crippen LogP contribution is -2.38. The summed E-state index contributed by atoms with van der Waals surface area (Å²) >= 11 is 0. The van der Waals surface area contributed by atoms with Crippen molar-refractivity contribution in [2.75, 3.05) is 18.1 Å². The zero-order chi connectivity index (χ0) is 14.4. The minimum absolute atomic E-state index is 0.0673. The van der Waals surface area contributed by atoms with Gasteiger partial charge in [-0.3, -0.25) is 4.79 Å². The first kappa shape index (κ1) is 15.6. The minimum atomic E-state index is -0.409. The fourth-order valence-corrected chi connectivity index (χ4v) is 2.41. The Morgan fingerprint density at radius 2 is 2.00 bits per heavy atom. The smallest absolute Gasteiger partial charge is 0.161 e. The molecule has 0 saturated heterocycles. The van der Waals surface area contributed by atoms with Gasteiger partial charge in [-0.1, -0.05) is 19.9 Å². The Bertz CT molecular complexity index is 430. The van der Waals surface area contributed by atoms with Crippen molar-refractivity contribution < 1.29 is 14.3 Å². The first-order chi connectivity index (χ1) is 9.06. The quantitative estimate of drug-likeness (QED) is 0.772. The molecule has 19 heavy (non-hydrogen) atoms. The van der Waals surface area contributed by atoms with E-state index in [9.17, 15) is 14.3 Å². The van der Waals surface area contributed by atoms with Crippen LogP contribution in [-0.4, -0.2) is 30.1 Å². The van der Waals surface area contributed by atoms with Crippen LogP contribution in [0.15, 0.2) is 18.2 Å². The Balaban J connectivity index is 3.32. The molecule has 0 bridgehead atoms. The number of rotatable bonds is 7. The maximum absolute atomic E-state index is 14.1. The molecule has 0 aliphatic rings. The fourth-order valence-electron chi connectivity index (χ4n) is 2.41. The lowest BCUT2D eigenvalue weighted by Gasteiger charge is -2.33. The molecular weight excluding hydrogens is 245 g/mol. The molecule has 0 fully saturated rings. The molecule has 0 aromatic heterocycles. The van der Waals surface area contributed by atoms with E-state index in [1.807, 2.05) is 18.7 Å². The van der Waals surface area contributed by atoms with E-state index >= 15 is 0 Å². The van der Waals surface area contributed by atoms with Gasteiger partial charge in [0.15, 0.2) is 5.78 Å². The molecule has 0 amide bonds. The number of para-hydroxylation sites is 1. The van der Waals surface area contributed by atoms with Crippen LogP contribution < -0.4 is 4.90 Å². The molecular formula is C15H22FNO2. The van der Waals surface area contributed by atoms with Crippen molar-refractivity contribution in [3.8, 4) is 0 Å². The van der Waals surface area contributed by atoms with E-state index < -0.39 is 5.82 Å². The molecule has 1 aromatic carbocycles. The van der Waals surface area contributed by atoms with Crippen LogP contribution in [0.2, 0.25) is 0 Å². The number of aliphatic hydroxyl groups excluding tert-OH is 1. The first-order valence-electron chi connectivity index (χ1n) is 6.73. The maximum atomic E-state index is 14.1. The van der Waals surface area contributed by atoms with Gasteiger partial charge in [-0.15, -0.1) is 0 Å².